The van der Waals surface area contributed by atoms with Crippen molar-refractivity contribution in [3.63, 3.8) is 0 Å². The molecule has 2 atom stereocenters. The first kappa shape index (κ1) is 34.0. The standard InChI is InChI=1S/C28H50O8/c1-3-5-7-9-10-11-12-13-14-16-18-20-24(23(29)19-17-15-8-6-4-2)36-26(32)22-28(35,27(33)34)21-25(30)31/h24,35H,3-22H2,1-2H3,(H,30,31)(H,33,34). The summed E-state index contributed by atoms with van der Waals surface area (Å²) in [6.45, 7) is 4.32. The second-order valence-corrected chi connectivity index (χ2v) is 10.0. The lowest BCUT2D eigenvalue weighted by Gasteiger charge is -2.22. The molecule has 0 radical (unpaired) electrons. The zero-order valence-corrected chi connectivity index (χ0v) is 22.6. The van der Waals surface area contributed by atoms with Crippen LogP contribution >= 0.6 is 0 Å². The third-order valence-corrected chi connectivity index (χ3v) is 6.51. The lowest BCUT2D eigenvalue weighted by Crippen LogP contribution is -2.44. The molecule has 0 aliphatic heterocycles. The Morgan fingerprint density at radius 1 is 0.667 bits per heavy atom. The number of ketones is 1. The number of hydrogen-bond acceptors (Lipinski definition) is 6. The fraction of sp³-hybridized carbons (Fsp3) is 0.857. The summed E-state index contributed by atoms with van der Waals surface area (Å²) in [5.74, 6) is -4.64. The van der Waals surface area contributed by atoms with Gasteiger partial charge in [-0.15, -0.1) is 0 Å². The van der Waals surface area contributed by atoms with E-state index in [4.69, 9.17) is 9.84 Å². The Balaban J connectivity index is 4.66. The number of aliphatic carboxylic acids is 2. The topological polar surface area (TPSA) is 138 Å². The number of carboxylic acids is 2. The first-order valence-electron chi connectivity index (χ1n) is 14.1. The predicted octanol–water partition coefficient (Wildman–Crippen LogP) is 6.21. The van der Waals surface area contributed by atoms with E-state index in [0.717, 1.165) is 44.9 Å². The molecule has 0 fully saturated rings. The molecule has 0 aliphatic rings. The number of carbonyl (C=O) groups excluding carboxylic acids is 2. The average molecular weight is 515 g/mol. The number of ether oxygens (including phenoxy) is 1. The molecule has 0 aromatic carbocycles. The minimum absolute atomic E-state index is 0.205. The van der Waals surface area contributed by atoms with E-state index in [1.807, 2.05) is 0 Å². The zero-order chi connectivity index (χ0) is 27.2. The predicted molar refractivity (Wildman–Crippen MR) is 139 cm³/mol. The summed E-state index contributed by atoms with van der Waals surface area (Å²) in [5, 5.41) is 28.2. The highest BCUT2D eigenvalue weighted by atomic mass is 16.5. The van der Waals surface area contributed by atoms with Gasteiger partial charge in [-0.05, 0) is 19.3 Å². The number of carboxylic acid groups (broad SMARTS) is 2. The molecule has 0 aliphatic carbocycles. The van der Waals surface area contributed by atoms with E-state index in [2.05, 4.69) is 13.8 Å². The molecule has 0 spiro atoms. The largest absolute Gasteiger partial charge is 0.481 e. The number of hydrogen-bond donors (Lipinski definition) is 3. The van der Waals surface area contributed by atoms with Gasteiger partial charge >= 0.3 is 17.9 Å². The maximum Gasteiger partial charge on any atom is 0.336 e. The molecule has 2 unspecified atom stereocenters. The Labute approximate surface area is 217 Å². The summed E-state index contributed by atoms with van der Waals surface area (Å²) in [7, 11) is 0. The van der Waals surface area contributed by atoms with Crippen LogP contribution in [0.25, 0.3) is 0 Å². The highest BCUT2D eigenvalue weighted by Gasteiger charge is 2.42. The Hall–Kier alpha value is -1.96. The van der Waals surface area contributed by atoms with Crippen LogP contribution in [0.5, 0.6) is 0 Å². The van der Waals surface area contributed by atoms with Gasteiger partial charge in [0, 0.05) is 6.42 Å². The van der Waals surface area contributed by atoms with Gasteiger partial charge in [-0.25, -0.2) is 4.79 Å². The van der Waals surface area contributed by atoms with E-state index in [-0.39, 0.29) is 12.2 Å². The molecule has 0 amide bonds. The minimum Gasteiger partial charge on any atom is -0.481 e. The van der Waals surface area contributed by atoms with Crippen molar-refractivity contribution in [2.24, 2.45) is 0 Å². The number of carbonyl (C=O) groups is 4. The molecular weight excluding hydrogens is 464 g/mol. The van der Waals surface area contributed by atoms with Crippen LogP contribution in [-0.2, 0) is 23.9 Å². The number of aliphatic hydroxyl groups is 1. The van der Waals surface area contributed by atoms with Crippen LogP contribution in [0, 0.1) is 0 Å². The molecule has 0 heterocycles. The Kier molecular flexibility index (Phi) is 20.0. The summed E-state index contributed by atoms with van der Waals surface area (Å²) in [6, 6.07) is 0. The van der Waals surface area contributed by atoms with Crippen LogP contribution in [0.2, 0.25) is 0 Å². The van der Waals surface area contributed by atoms with Gasteiger partial charge in [0.2, 0.25) is 0 Å². The normalized spacial score (nSPS) is 13.6. The van der Waals surface area contributed by atoms with E-state index in [1.165, 1.54) is 44.9 Å². The monoisotopic (exact) mass is 514 g/mol. The molecule has 0 saturated heterocycles. The van der Waals surface area contributed by atoms with Crippen LogP contribution in [-0.4, -0.2) is 50.7 Å². The van der Waals surface area contributed by atoms with Gasteiger partial charge in [-0.3, -0.25) is 14.4 Å². The number of unbranched alkanes of at least 4 members (excludes halogenated alkanes) is 14. The van der Waals surface area contributed by atoms with E-state index >= 15 is 0 Å². The number of esters is 1. The molecule has 0 rings (SSSR count). The molecule has 210 valence electrons. The number of rotatable bonds is 25. The molecule has 0 aromatic rings. The SMILES string of the molecule is CCCCCCCCCCCCCC(OC(=O)CC(O)(CC(=O)O)C(=O)O)C(=O)CCCCCCC. The second kappa shape index (κ2) is 21.2. The molecule has 8 nitrogen and oxygen atoms in total. The van der Waals surface area contributed by atoms with Crippen LogP contribution in [0.3, 0.4) is 0 Å². The third kappa shape index (κ3) is 17.5. The quantitative estimate of drug-likeness (QED) is 0.0965. The highest BCUT2D eigenvalue weighted by Crippen LogP contribution is 2.20. The maximum atomic E-state index is 12.8. The molecule has 8 heteroatoms. The van der Waals surface area contributed by atoms with Crippen molar-refractivity contribution in [1.29, 1.82) is 0 Å². The van der Waals surface area contributed by atoms with Crippen LogP contribution in [0.1, 0.15) is 142 Å². The molecule has 0 saturated carbocycles. The van der Waals surface area contributed by atoms with Crippen molar-refractivity contribution in [2.75, 3.05) is 0 Å². The van der Waals surface area contributed by atoms with Gasteiger partial charge in [0.25, 0.3) is 0 Å². The summed E-state index contributed by atoms with van der Waals surface area (Å²) >= 11 is 0. The fourth-order valence-corrected chi connectivity index (χ4v) is 4.25. The van der Waals surface area contributed by atoms with Gasteiger partial charge in [-0.1, -0.05) is 104 Å². The van der Waals surface area contributed by atoms with Crippen molar-refractivity contribution in [1.82, 2.24) is 0 Å². The van der Waals surface area contributed by atoms with Gasteiger partial charge in [0.05, 0.1) is 12.8 Å². The van der Waals surface area contributed by atoms with Gasteiger partial charge < -0.3 is 20.1 Å². The van der Waals surface area contributed by atoms with Crippen LogP contribution in [0.15, 0.2) is 0 Å². The number of Topliss-reactive ketones (excluding diaryl/α,β-unsaturated/α-hetero) is 1. The summed E-state index contributed by atoms with van der Waals surface area (Å²) in [4.78, 5) is 47.4. The van der Waals surface area contributed by atoms with E-state index in [1.54, 1.807) is 0 Å². The van der Waals surface area contributed by atoms with Crippen LogP contribution < -0.4 is 0 Å². The first-order chi connectivity index (χ1) is 17.2. The van der Waals surface area contributed by atoms with E-state index in [9.17, 15) is 29.4 Å². The van der Waals surface area contributed by atoms with Gasteiger partial charge in [0.15, 0.2) is 17.5 Å². The summed E-state index contributed by atoms with van der Waals surface area (Å²) in [5.41, 5.74) is -2.77. The lowest BCUT2D eigenvalue weighted by molar-refractivity contribution is -0.174. The lowest BCUT2D eigenvalue weighted by atomic mass is 9.95. The zero-order valence-electron chi connectivity index (χ0n) is 22.6. The van der Waals surface area contributed by atoms with Crippen molar-refractivity contribution in [3.05, 3.63) is 0 Å². The summed E-state index contributed by atoms with van der Waals surface area (Å²) in [6.07, 6.45) is 15.0. The summed E-state index contributed by atoms with van der Waals surface area (Å²) < 4.78 is 5.31. The van der Waals surface area contributed by atoms with Crippen molar-refractivity contribution in [2.45, 2.75) is 154 Å². The maximum absolute atomic E-state index is 12.8. The third-order valence-electron chi connectivity index (χ3n) is 6.51. The minimum atomic E-state index is -2.77. The van der Waals surface area contributed by atoms with Crippen molar-refractivity contribution in [3.8, 4) is 0 Å². The molecule has 36 heavy (non-hydrogen) atoms. The molecule has 3 N–H and O–H groups in total. The van der Waals surface area contributed by atoms with E-state index in [0.29, 0.717) is 19.3 Å². The Bertz CT molecular complexity index is 633. The van der Waals surface area contributed by atoms with Crippen molar-refractivity contribution >= 4 is 23.7 Å². The smallest absolute Gasteiger partial charge is 0.336 e. The van der Waals surface area contributed by atoms with Gasteiger partial charge in [-0.2, -0.15) is 0 Å². The Morgan fingerprint density at radius 3 is 1.56 bits per heavy atom. The fourth-order valence-electron chi connectivity index (χ4n) is 4.25. The second-order valence-electron chi connectivity index (χ2n) is 10.0. The first-order valence-corrected chi connectivity index (χ1v) is 14.1. The van der Waals surface area contributed by atoms with Gasteiger partial charge in [0.1, 0.15) is 0 Å². The molecular formula is C28H50O8. The van der Waals surface area contributed by atoms with Crippen molar-refractivity contribution < 1.29 is 39.2 Å². The molecule has 0 bridgehead atoms. The Morgan fingerprint density at radius 2 is 1.11 bits per heavy atom. The van der Waals surface area contributed by atoms with E-state index < -0.39 is 42.5 Å². The molecule has 0 aromatic heterocycles. The average Bonchev–Trinajstić information content (AvgIpc) is 2.80. The van der Waals surface area contributed by atoms with Crippen LogP contribution in [0.4, 0.5) is 0 Å². The highest BCUT2D eigenvalue weighted by molar-refractivity contribution is 5.90.